The van der Waals surface area contributed by atoms with E-state index < -0.39 is 47.7 Å². The number of likely N-dealkylation sites (tertiary alicyclic amines) is 1. The molecule has 2 fully saturated rings. The molecule has 1 aromatic carbocycles. The van der Waals surface area contributed by atoms with Gasteiger partial charge in [0.15, 0.2) is 24.7 Å². The molecular weight excluding hydrogens is 545 g/mol. The molecule has 2 heterocycles. The van der Waals surface area contributed by atoms with E-state index in [4.69, 9.17) is 4.74 Å². The van der Waals surface area contributed by atoms with Crippen molar-refractivity contribution >= 4 is 25.6 Å². The molecule has 1 saturated carbocycles. The Morgan fingerprint density at radius 3 is 2.32 bits per heavy atom. The number of carbonyl (C=O) groups excluding carboxylic acids is 1. The molecule has 1 saturated heterocycles. The monoisotopic (exact) mass is 574 g/mol. The summed E-state index contributed by atoms with van der Waals surface area (Å²) in [6, 6.07) is 7.22. The van der Waals surface area contributed by atoms with Crippen LogP contribution in [0.15, 0.2) is 46.3 Å². The van der Waals surface area contributed by atoms with Gasteiger partial charge in [-0.25, -0.2) is 21.8 Å². The van der Waals surface area contributed by atoms with E-state index in [2.05, 4.69) is 4.98 Å². The molecule has 2 aliphatic rings. The number of amides is 1. The van der Waals surface area contributed by atoms with E-state index in [-0.39, 0.29) is 28.9 Å². The standard InChI is InChI=1S/C25H29F3N2O6S2/c1-16(38(34,35)23-5-3-4-22(29-23)25(26,27)28)14-17-10-12-30(13-11-17)24(31)20-9-8-19(36-18-6-7-18)15-21(20)37(2,32)33/h3-5,8-9,15-18H,6-7,10-14H2,1-2H3. The van der Waals surface area contributed by atoms with Crippen molar-refractivity contribution in [3.8, 4) is 5.75 Å². The molecule has 1 amide bonds. The Hall–Kier alpha value is -2.67. The van der Waals surface area contributed by atoms with E-state index in [0.29, 0.717) is 31.7 Å². The van der Waals surface area contributed by atoms with Crippen LogP contribution in [0.1, 0.15) is 55.1 Å². The van der Waals surface area contributed by atoms with Gasteiger partial charge in [-0.15, -0.1) is 0 Å². The van der Waals surface area contributed by atoms with Crippen LogP contribution in [-0.4, -0.2) is 63.3 Å². The molecular formula is C25H29F3N2O6S2. The molecule has 0 spiro atoms. The first-order chi connectivity index (χ1) is 17.7. The molecule has 4 rings (SSSR count). The fraction of sp³-hybridized carbons (Fsp3) is 0.520. The van der Waals surface area contributed by atoms with Crippen molar-refractivity contribution in [3.63, 3.8) is 0 Å². The number of benzene rings is 1. The fourth-order valence-corrected chi connectivity index (χ4v) is 6.83. The highest BCUT2D eigenvalue weighted by Crippen LogP contribution is 2.33. The summed E-state index contributed by atoms with van der Waals surface area (Å²) in [5.41, 5.74) is -1.21. The zero-order chi connectivity index (χ0) is 27.9. The van der Waals surface area contributed by atoms with Gasteiger partial charge in [0.2, 0.25) is 0 Å². The van der Waals surface area contributed by atoms with Gasteiger partial charge >= 0.3 is 6.18 Å². The third kappa shape index (κ3) is 6.48. The smallest absolute Gasteiger partial charge is 0.433 e. The number of sulfone groups is 2. The second kappa shape index (κ2) is 10.5. The lowest BCUT2D eigenvalue weighted by molar-refractivity contribution is -0.141. The van der Waals surface area contributed by atoms with Gasteiger partial charge in [-0.1, -0.05) is 6.07 Å². The average Bonchev–Trinajstić information content (AvgIpc) is 3.67. The predicted molar refractivity (Wildman–Crippen MR) is 132 cm³/mol. The normalized spacial score (nSPS) is 18.3. The molecule has 1 aromatic heterocycles. The Morgan fingerprint density at radius 2 is 1.74 bits per heavy atom. The number of hydrogen-bond donors (Lipinski definition) is 0. The Kier molecular flexibility index (Phi) is 7.81. The second-order valence-electron chi connectivity index (χ2n) is 9.93. The first-order valence-corrected chi connectivity index (χ1v) is 15.7. The lowest BCUT2D eigenvalue weighted by Gasteiger charge is -2.33. The summed E-state index contributed by atoms with van der Waals surface area (Å²) in [6.07, 6.45) is -0.705. The number of alkyl halides is 3. The quantitative estimate of drug-likeness (QED) is 0.466. The number of carbonyl (C=O) groups is 1. The van der Waals surface area contributed by atoms with E-state index >= 15 is 0 Å². The number of pyridine rings is 1. The van der Waals surface area contributed by atoms with Gasteiger partial charge in [0.25, 0.3) is 5.91 Å². The van der Waals surface area contributed by atoms with Crippen molar-refractivity contribution in [1.82, 2.24) is 9.88 Å². The molecule has 0 bridgehead atoms. The Balaban J connectivity index is 1.41. The topological polar surface area (TPSA) is 111 Å². The van der Waals surface area contributed by atoms with Crippen LogP contribution in [0.5, 0.6) is 5.75 Å². The van der Waals surface area contributed by atoms with Crippen LogP contribution >= 0.6 is 0 Å². The van der Waals surface area contributed by atoms with Crippen LogP contribution in [0, 0.1) is 5.92 Å². The van der Waals surface area contributed by atoms with E-state index in [1.807, 2.05) is 0 Å². The molecule has 1 aliphatic carbocycles. The number of piperidine rings is 1. The minimum atomic E-state index is -4.75. The van der Waals surface area contributed by atoms with Crippen LogP contribution in [0.2, 0.25) is 0 Å². The summed E-state index contributed by atoms with van der Waals surface area (Å²) >= 11 is 0. The lowest BCUT2D eigenvalue weighted by Crippen LogP contribution is -2.40. The van der Waals surface area contributed by atoms with Crippen LogP contribution in [0.4, 0.5) is 13.2 Å². The molecule has 0 N–H and O–H groups in total. The first-order valence-electron chi connectivity index (χ1n) is 12.2. The minimum absolute atomic E-state index is 0.0562. The average molecular weight is 575 g/mol. The Labute approximate surface area is 220 Å². The van der Waals surface area contributed by atoms with Gasteiger partial charge in [0.1, 0.15) is 11.4 Å². The number of hydrogen-bond acceptors (Lipinski definition) is 7. The Morgan fingerprint density at radius 1 is 1.08 bits per heavy atom. The van der Waals surface area contributed by atoms with Gasteiger partial charge in [-0.3, -0.25) is 4.79 Å². The number of rotatable bonds is 8. The molecule has 1 aliphatic heterocycles. The van der Waals surface area contributed by atoms with Gasteiger partial charge in [-0.05, 0) is 75.3 Å². The molecule has 0 radical (unpaired) electrons. The summed E-state index contributed by atoms with van der Waals surface area (Å²) in [7, 11) is -7.80. The summed E-state index contributed by atoms with van der Waals surface area (Å²) in [5, 5.41) is -1.59. The van der Waals surface area contributed by atoms with Crippen LogP contribution in [0.25, 0.3) is 0 Å². The maximum Gasteiger partial charge on any atom is 0.433 e. The predicted octanol–water partition coefficient (Wildman–Crippen LogP) is 4.15. The van der Waals surface area contributed by atoms with Crippen LogP contribution < -0.4 is 4.74 Å². The molecule has 1 unspecified atom stereocenters. The van der Waals surface area contributed by atoms with Gasteiger partial charge in [-0.2, -0.15) is 13.2 Å². The van der Waals surface area contributed by atoms with Crippen molar-refractivity contribution in [1.29, 1.82) is 0 Å². The molecule has 2 aromatic rings. The summed E-state index contributed by atoms with van der Waals surface area (Å²) in [6.45, 7) is 2.03. The van der Waals surface area contributed by atoms with Gasteiger partial charge in [0, 0.05) is 19.3 Å². The molecule has 208 valence electrons. The highest BCUT2D eigenvalue weighted by atomic mass is 32.2. The van der Waals surface area contributed by atoms with Crippen LogP contribution in [0.3, 0.4) is 0 Å². The van der Waals surface area contributed by atoms with Crippen molar-refractivity contribution < 1.29 is 39.5 Å². The first kappa shape index (κ1) is 28.3. The Bertz CT molecular complexity index is 1410. The van der Waals surface area contributed by atoms with Gasteiger partial charge in [0.05, 0.1) is 21.8 Å². The zero-order valence-electron chi connectivity index (χ0n) is 20.9. The van der Waals surface area contributed by atoms with Gasteiger partial charge < -0.3 is 9.64 Å². The molecule has 13 heteroatoms. The van der Waals surface area contributed by atoms with E-state index in [1.165, 1.54) is 24.0 Å². The van der Waals surface area contributed by atoms with Crippen molar-refractivity contribution in [2.45, 2.75) is 66.5 Å². The van der Waals surface area contributed by atoms with Crippen LogP contribution in [-0.2, 0) is 25.9 Å². The van der Waals surface area contributed by atoms with Crippen molar-refractivity contribution in [2.24, 2.45) is 5.92 Å². The highest BCUT2D eigenvalue weighted by molar-refractivity contribution is 7.92. The molecule has 8 nitrogen and oxygen atoms in total. The third-order valence-electron chi connectivity index (χ3n) is 6.81. The fourth-order valence-electron chi connectivity index (χ4n) is 4.51. The SMILES string of the molecule is CC(CC1CCN(C(=O)c2ccc(OC3CC3)cc2S(C)(=O)=O)CC1)S(=O)(=O)c1cccc(C(F)(F)F)n1. The highest BCUT2D eigenvalue weighted by Gasteiger charge is 2.36. The maximum atomic E-state index is 13.2. The maximum absolute atomic E-state index is 13.2. The second-order valence-corrected chi connectivity index (χ2v) is 14.2. The molecule has 38 heavy (non-hydrogen) atoms. The number of ether oxygens (including phenoxy) is 1. The van der Waals surface area contributed by atoms with Crippen molar-refractivity contribution in [2.75, 3.05) is 19.3 Å². The largest absolute Gasteiger partial charge is 0.490 e. The number of halogens is 3. The zero-order valence-corrected chi connectivity index (χ0v) is 22.6. The summed E-state index contributed by atoms with van der Waals surface area (Å²) < 4.78 is 95.3. The minimum Gasteiger partial charge on any atom is -0.490 e. The van der Waals surface area contributed by atoms with E-state index in [1.54, 1.807) is 6.07 Å². The van der Waals surface area contributed by atoms with Crippen molar-refractivity contribution in [3.05, 3.63) is 47.7 Å². The lowest BCUT2D eigenvalue weighted by atomic mass is 9.92. The summed E-state index contributed by atoms with van der Waals surface area (Å²) in [4.78, 5) is 18.0. The number of nitrogens with zero attached hydrogens (tertiary/aromatic N) is 2. The third-order valence-corrected chi connectivity index (χ3v) is 10.0. The number of aromatic nitrogens is 1. The molecule has 1 atom stereocenters. The van der Waals surface area contributed by atoms with E-state index in [9.17, 15) is 34.8 Å². The van der Waals surface area contributed by atoms with E-state index in [0.717, 1.165) is 37.3 Å². The summed E-state index contributed by atoms with van der Waals surface area (Å²) in [5.74, 6) is -0.123.